The molecule has 1 saturated heterocycles. The van der Waals surface area contributed by atoms with E-state index in [0.717, 1.165) is 44.1 Å². The highest BCUT2D eigenvalue weighted by molar-refractivity contribution is 5.79. The maximum atomic E-state index is 4.43. The first-order valence-corrected chi connectivity index (χ1v) is 7.94. The maximum absolute atomic E-state index is 4.43. The van der Waals surface area contributed by atoms with Crippen LogP contribution in [0.3, 0.4) is 0 Å². The van der Waals surface area contributed by atoms with E-state index >= 15 is 0 Å². The van der Waals surface area contributed by atoms with Gasteiger partial charge in [-0.25, -0.2) is 0 Å². The van der Waals surface area contributed by atoms with Crippen LogP contribution >= 0.6 is 0 Å². The lowest BCUT2D eigenvalue weighted by atomic mass is 10.00. The van der Waals surface area contributed by atoms with Gasteiger partial charge >= 0.3 is 0 Å². The molecular formula is C15H30N4. The molecular weight excluding hydrogens is 236 g/mol. The van der Waals surface area contributed by atoms with Gasteiger partial charge in [0.05, 0.1) is 0 Å². The van der Waals surface area contributed by atoms with Crippen LogP contribution < -0.4 is 5.32 Å². The van der Waals surface area contributed by atoms with E-state index in [1.807, 2.05) is 7.05 Å². The fourth-order valence-corrected chi connectivity index (χ4v) is 2.90. The van der Waals surface area contributed by atoms with Crippen LogP contribution in [0.1, 0.15) is 39.5 Å². The summed E-state index contributed by atoms with van der Waals surface area (Å²) in [5.41, 5.74) is 0. The number of piperidine rings is 1. The Morgan fingerprint density at radius 2 is 1.95 bits per heavy atom. The number of nitrogens with one attached hydrogen (secondary N) is 1. The zero-order valence-electron chi connectivity index (χ0n) is 12.9. The predicted octanol–water partition coefficient (Wildman–Crippen LogP) is 1.78. The van der Waals surface area contributed by atoms with Gasteiger partial charge in [0.2, 0.25) is 0 Å². The molecule has 0 unspecified atom stereocenters. The number of rotatable bonds is 5. The minimum atomic E-state index is 0.865. The highest BCUT2D eigenvalue weighted by Gasteiger charge is 2.27. The number of hydrogen-bond donors (Lipinski definition) is 1. The molecule has 1 aliphatic carbocycles. The van der Waals surface area contributed by atoms with Crippen molar-refractivity contribution in [2.75, 3.05) is 39.8 Å². The quantitative estimate of drug-likeness (QED) is 0.608. The van der Waals surface area contributed by atoms with Gasteiger partial charge < -0.3 is 10.2 Å². The molecule has 0 radical (unpaired) electrons. The van der Waals surface area contributed by atoms with Crippen LogP contribution in [0.25, 0.3) is 0 Å². The lowest BCUT2D eigenvalue weighted by Gasteiger charge is -2.33. The summed E-state index contributed by atoms with van der Waals surface area (Å²) in [6, 6.07) is 0.865. The van der Waals surface area contributed by atoms with Crippen LogP contribution in [-0.4, -0.2) is 61.6 Å². The van der Waals surface area contributed by atoms with Crippen molar-refractivity contribution >= 4 is 5.96 Å². The van der Waals surface area contributed by atoms with Crippen LogP contribution in [0.4, 0.5) is 0 Å². The molecule has 1 saturated carbocycles. The van der Waals surface area contributed by atoms with Crippen molar-refractivity contribution in [1.82, 2.24) is 15.1 Å². The fraction of sp³-hybridized carbons (Fsp3) is 0.933. The molecule has 1 aliphatic heterocycles. The molecule has 110 valence electrons. The highest BCUT2D eigenvalue weighted by Crippen LogP contribution is 2.25. The molecule has 1 heterocycles. The molecule has 0 bridgehead atoms. The van der Waals surface area contributed by atoms with Crippen molar-refractivity contribution in [2.24, 2.45) is 10.9 Å². The van der Waals surface area contributed by atoms with E-state index in [1.54, 1.807) is 0 Å². The lowest BCUT2D eigenvalue weighted by molar-refractivity contribution is 0.263. The van der Waals surface area contributed by atoms with Gasteiger partial charge in [0.15, 0.2) is 5.96 Å². The minimum Gasteiger partial charge on any atom is -0.355 e. The van der Waals surface area contributed by atoms with Gasteiger partial charge in [-0.2, -0.15) is 0 Å². The molecule has 1 N–H and O–H groups in total. The van der Waals surface area contributed by atoms with Crippen LogP contribution in [0.2, 0.25) is 0 Å². The molecule has 0 aromatic carbocycles. The second-order valence-electron chi connectivity index (χ2n) is 6.00. The van der Waals surface area contributed by atoms with Crippen LogP contribution in [0.15, 0.2) is 4.99 Å². The molecule has 2 rings (SSSR count). The highest BCUT2D eigenvalue weighted by atomic mass is 15.3. The van der Waals surface area contributed by atoms with Crippen molar-refractivity contribution < 1.29 is 0 Å². The zero-order valence-corrected chi connectivity index (χ0v) is 12.9. The third kappa shape index (κ3) is 4.37. The Balaban J connectivity index is 1.70. The predicted molar refractivity (Wildman–Crippen MR) is 81.6 cm³/mol. The number of likely N-dealkylation sites (N-methyl/N-ethyl adjacent to an activating group) is 1. The molecule has 2 fully saturated rings. The molecule has 19 heavy (non-hydrogen) atoms. The second-order valence-corrected chi connectivity index (χ2v) is 6.00. The van der Waals surface area contributed by atoms with Crippen molar-refractivity contribution in [3.8, 4) is 0 Å². The smallest absolute Gasteiger partial charge is 0.193 e. The molecule has 0 spiro atoms. The van der Waals surface area contributed by atoms with E-state index in [-0.39, 0.29) is 0 Å². The summed E-state index contributed by atoms with van der Waals surface area (Å²) >= 11 is 0. The third-order valence-electron chi connectivity index (χ3n) is 4.45. The summed E-state index contributed by atoms with van der Waals surface area (Å²) in [6.45, 7) is 10.3. The van der Waals surface area contributed by atoms with Crippen LogP contribution in [0, 0.1) is 5.92 Å². The van der Waals surface area contributed by atoms with Crippen molar-refractivity contribution in [1.29, 1.82) is 0 Å². The summed E-state index contributed by atoms with van der Waals surface area (Å²) in [7, 11) is 1.90. The van der Waals surface area contributed by atoms with E-state index in [0.29, 0.717) is 0 Å². The first-order chi connectivity index (χ1) is 9.24. The number of hydrogen-bond acceptors (Lipinski definition) is 2. The second kappa shape index (κ2) is 7.13. The molecule has 0 aromatic rings. The van der Waals surface area contributed by atoms with E-state index in [4.69, 9.17) is 0 Å². The number of guanidine groups is 1. The van der Waals surface area contributed by atoms with Gasteiger partial charge in [0, 0.05) is 39.3 Å². The average Bonchev–Trinajstić information content (AvgIpc) is 3.25. The molecule has 0 atom stereocenters. The fourth-order valence-electron chi connectivity index (χ4n) is 2.90. The van der Waals surface area contributed by atoms with Crippen molar-refractivity contribution in [3.63, 3.8) is 0 Å². The Labute approximate surface area is 118 Å². The SMILES string of the molecule is CCN(CCNC(=NC)N1CCC(C)CC1)C1CC1. The summed E-state index contributed by atoms with van der Waals surface area (Å²) in [5.74, 6) is 1.97. The van der Waals surface area contributed by atoms with Gasteiger partial charge in [-0.3, -0.25) is 9.89 Å². The summed E-state index contributed by atoms with van der Waals surface area (Å²) in [5, 5.41) is 3.54. The Morgan fingerprint density at radius 1 is 1.26 bits per heavy atom. The van der Waals surface area contributed by atoms with Gasteiger partial charge in [-0.15, -0.1) is 0 Å². The molecule has 0 aromatic heterocycles. The summed E-state index contributed by atoms with van der Waals surface area (Å²) in [6.07, 6.45) is 5.38. The van der Waals surface area contributed by atoms with Gasteiger partial charge in [0.1, 0.15) is 0 Å². The summed E-state index contributed by atoms with van der Waals surface area (Å²) in [4.78, 5) is 9.42. The average molecular weight is 266 g/mol. The largest absolute Gasteiger partial charge is 0.355 e. The van der Waals surface area contributed by atoms with Gasteiger partial charge in [-0.05, 0) is 38.1 Å². The third-order valence-corrected chi connectivity index (χ3v) is 4.45. The standard InChI is InChI=1S/C15H30N4/c1-4-18(14-5-6-14)12-9-17-15(16-3)19-10-7-13(2)8-11-19/h13-14H,4-12H2,1-3H3,(H,16,17). The molecule has 4 heteroatoms. The minimum absolute atomic E-state index is 0.865. The summed E-state index contributed by atoms with van der Waals surface area (Å²) < 4.78 is 0. The van der Waals surface area contributed by atoms with E-state index < -0.39 is 0 Å². The van der Waals surface area contributed by atoms with Crippen molar-refractivity contribution in [2.45, 2.75) is 45.6 Å². The lowest BCUT2D eigenvalue weighted by Crippen LogP contribution is -2.47. The Morgan fingerprint density at radius 3 is 2.47 bits per heavy atom. The molecule has 0 amide bonds. The number of likely N-dealkylation sites (tertiary alicyclic amines) is 1. The Hall–Kier alpha value is -0.770. The zero-order chi connectivity index (χ0) is 13.7. The Kier molecular flexibility index (Phi) is 5.49. The first-order valence-electron chi connectivity index (χ1n) is 7.94. The van der Waals surface area contributed by atoms with Crippen LogP contribution in [-0.2, 0) is 0 Å². The van der Waals surface area contributed by atoms with E-state index in [1.165, 1.54) is 32.2 Å². The van der Waals surface area contributed by atoms with Crippen LogP contribution in [0.5, 0.6) is 0 Å². The van der Waals surface area contributed by atoms with Gasteiger partial charge in [0.25, 0.3) is 0 Å². The topological polar surface area (TPSA) is 30.9 Å². The molecule has 2 aliphatic rings. The normalized spacial score (nSPS) is 22.1. The Bertz CT molecular complexity index is 291. The number of aliphatic imine (C=N–C) groups is 1. The van der Waals surface area contributed by atoms with Crippen molar-refractivity contribution in [3.05, 3.63) is 0 Å². The maximum Gasteiger partial charge on any atom is 0.193 e. The first kappa shape index (κ1) is 14.6. The van der Waals surface area contributed by atoms with Gasteiger partial charge in [-0.1, -0.05) is 13.8 Å². The molecule has 4 nitrogen and oxygen atoms in total. The van der Waals surface area contributed by atoms with E-state index in [2.05, 4.69) is 34.0 Å². The number of nitrogens with zero attached hydrogens (tertiary/aromatic N) is 3. The monoisotopic (exact) mass is 266 g/mol. The van der Waals surface area contributed by atoms with E-state index in [9.17, 15) is 0 Å².